The van der Waals surface area contributed by atoms with E-state index < -0.39 is 0 Å². The van der Waals surface area contributed by atoms with Crippen molar-refractivity contribution in [3.63, 3.8) is 0 Å². The molecule has 0 aromatic heterocycles. The Morgan fingerprint density at radius 1 is 1.10 bits per heavy atom. The summed E-state index contributed by atoms with van der Waals surface area (Å²) in [6, 6.07) is 18.0. The van der Waals surface area contributed by atoms with Crippen LogP contribution in [-0.2, 0) is 16.0 Å². The number of nitrogens with zero attached hydrogens (tertiary/aromatic N) is 2. The van der Waals surface area contributed by atoms with Gasteiger partial charge in [-0.2, -0.15) is 0 Å². The maximum Gasteiger partial charge on any atom is 0.266 e. The van der Waals surface area contributed by atoms with Gasteiger partial charge in [-0.25, -0.2) is 0 Å². The maximum absolute atomic E-state index is 12.8. The van der Waals surface area contributed by atoms with Gasteiger partial charge in [0.15, 0.2) is 0 Å². The number of carbonyl (C=O) groups excluding carboxylic acids is 2. The van der Waals surface area contributed by atoms with Gasteiger partial charge in [-0.15, -0.1) is 0 Å². The fourth-order valence-corrected chi connectivity index (χ4v) is 5.09. The molecule has 1 saturated heterocycles. The zero-order valence-corrected chi connectivity index (χ0v) is 18.8. The second kappa shape index (κ2) is 10.1. The van der Waals surface area contributed by atoms with Gasteiger partial charge < -0.3 is 4.90 Å². The zero-order chi connectivity index (χ0) is 21.6. The first-order chi connectivity index (χ1) is 15.1. The zero-order valence-electron chi connectivity index (χ0n) is 17.2. The van der Waals surface area contributed by atoms with Crippen molar-refractivity contribution in [2.45, 2.75) is 25.7 Å². The highest BCUT2D eigenvalue weighted by Gasteiger charge is 2.31. The van der Waals surface area contributed by atoms with E-state index in [1.165, 1.54) is 17.3 Å². The van der Waals surface area contributed by atoms with Crippen LogP contribution < -0.4 is 4.90 Å². The average molecular weight is 449 g/mol. The van der Waals surface area contributed by atoms with Gasteiger partial charge >= 0.3 is 0 Å². The molecule has 0 unspecified atom stereocenters. The number of thiocarbonyl (C=S) groups is 1. The topological polar surface area (TPSA) is 40.6 Å². The molecule has 0 aliphatic carbocycles. The summed E-state index contributed by atoms with van der Waals surface area (Å²) >= 11 is 6.72. The SMILES string of the molecule is O=C1/C(=C/C=C/c2ccccc2)SC(=S)N1CCCC(=O)N1CCCc2ccccc21. The Kier molecular flexibility index (Phi) is 6.99. The minimum atomic E-state index is -0.0801. The molecule has 4 rings (SSSR count). The van der Waals surface area contributed by atoms with Crippen molar-refractivity contribution in [3.05, 3.63) is 82.8 Å². The maximum atomic E-state index is 12.8. The fourth-order valence-electron chi connectivity index (χ4n) is 3.83. The number of hydrogen-bond donors (Lipinski definition) is 0. The van der Waals surface area contributed by atoms with Crippen molar-refractivity contribution in [2.24, 2.45) is 0 Å². The number of fused-ring (bicyclic) bond motifs is 1. The summed E-state index contributed by atoms with van der Waals surface area (Å²) in [7, 11) is 0. The van der Waals surface area contributed by atoms with E-state index in [0.717, 1.165) is 30.6 Å². The minimum Gasteiger partial charge on any atom is -0.312 e. The van der Waals surface area contributed by atoms with Crippen LogP contribution in [0.5, 0.6) is 0 Å². The highest BCUT2D eigenvalue weighted by atomic mass is 32.2. The standard InChI is InChI=1S/C25H24N2O2S2/c28-23(26-17-7-13-20-12-4-5-14-21(20)26)16-8-18-27-24(29)22(31-25(27)30)15-6-11-19-9-2-1-3-10-19/h1-6,9-12,14-15H,7-8,13,16-18H2/b11-6+,22-15-. The van der Waals surface area contributed by atoms with Crippen LogP contribution in [0.4, 0.5) is 5.69 Å². The van der Waals surface area contributed by atoms with Crippen molar-refractivity contribution in [1.29, 1.82) is 0 Å². The van der Waals surface area contributed by atoms with Crippen molar-refractivity contribution >= 4 is 51.9 Å². The number of carbonyl (C=O) groups is 2. The largest absolute Gasteiger partial charge is 0.312 e. The predicted molar refractivity (Wildman–Crippen MR) is 132 cm³/mol. The number of allylic oxidation sites excluding steroid dienone is 2. The lowest BCUT2D eigenvalue weighted by Gasteiger charge is -2.29. The average Bonchev–Trinajstić information content (AvgIpc) is 3.07. The van der Waals surface area contributed by atoms with E-state index in [-0.39, 0.29) is 11.8 Å². The highest BCUT2D eigenvalue weighted by molar-refractivity contribution is 8.26. The Labute approximate surface area is 192 Å². The molecule has 1 fully saturated rings. The molecule has 0 saturated carbocycles. The van der Waals surface area contributed by atoms with E-state index in [4.69, 9.17) is 12.2 Å². The molecule has 2 aromatic rings. The first kappa shape index (κ1) is 21.5. The molecule has 6 heteroatoms. The second-order valence-electron chi connectivity index (χ2n) is 7.51. The molecule has 0 atom stereocenters. The van der Waals surface area contributed by atoms with Gasteiger partial charge in [0.2, 0.25) is 5.91 Å². The van der Waals surface area contributed by atoms with Gasteiger partial charge in [0, 0.05) is 25.2 Å². The highest BCUT2D eigenvalue weighted by Crippen LogP contribution is 2.32. The van der Waals surface area contributed by atoms with Gasteiger partial charge in [-0.1, -0.05) is 84.7 Å². The van der Waals surface area contributed by atoms with E-state index in [1.54, 1.807) is 4.90 Å². The molecule has 158 valence electrons. The second-order valence-corrected chi connectivity index (χ2v) is 9.18. The number of amides is 2. The molecular formula is C25H24N2O2S2. The molecule has 2 amide bonds. The third-order valence-corrected chi connectivity index (χ3v) is 6.79. The summed E-state index contributed by atoms with van der Waals surface area (Å²) in [5, 5.41) is 0. The molecular weight excluding hydrogens is 424 g/mol. The van der Waals surface area contributed by atoms with E-state index in [9.17, 15) is 9.59 Å². The van der Waals surface area contributed by atoms with Crippen LogP contribution in [0.3, 0.4) is 0 Å². The summed E-state index contributed by atoms with van der Waals surface area (Å²) in [4.78, 5) is 29.6. The molecule has 2 aromatic carbocycles. The predicted octanol–water partition coefficient (Wildman–Crippen LogP) is 5.20. The summed E-state index contributed by atoms with van der Waals surface area (Å²) in [6.45, 7) is 1.22. The molecule has 2 aliphatic rings. The lowest BCUT2D eigenvalue weighted by molar-refractivity contribution is -0.123. The number of rotatable bonds is 6. The van der Waals surface area contributed by atoms with Crippen molar-refractivity contribution in [3.8, 4) is 0 Å². The first-order valence-corrected chi connectivity index (χ1v) is 11.7. The Morgan fingerprint density at radius 3 is 2.71 bits per heavy atom. The Balaban J connectivity index is 1.31. The van der Waals surface area contributed by atoms with E-state index in [2.05, 4.69) is 6.07 Å². The summed E-state index contributed by atoms with van der Waals surface area (Å²) in [5.41, 5.74) is 3.33. The third-order valence-electron chi connectivity index (χ3n) is 5.39. The van der Waals surface area contributed by atoms with E-state index >= 15 is 0 Å². The van der Waals surface area contributed by atoms with Gasteiger partial charge in [0.1, 0.15) is 4.32 Å². The minimum absolute atomic E-state index is 0.0801. The molecule has 0 bridgehead atoms. The third kappa shape index (κ3) is 5.14. The number of aryl methyl sites for hydroxylation is 1. The van der Waals surface area contributed by atoms with Crippen LogP contribution in [0.25, 0.3) is 6.08 Å². The Bertz CT molecular complexity index is 1050. The summed E-state index contributed by atoms with van der Waals surface area (Å²) in [5.74, 6) is 0.0300. The smallest absolute Gasteiger partial charge is 0.266 e. The van der Waals surface area contributed by atoms with Gasteiger partial charge in [0.05, 0.1) is 4.91 Å². The number of hydrogen-bond acceptors (Lipinski definition) is 4. The van der Waals surface area contributed by atoms with E-state index in [1.807, 2.05) is 71.7 Å². The molecule has 0 spiro atoms. The quantitative estimate of drug-likeness (QED) is 0.450. The van der Waals surface area contributed by atoms with Crippen LogP contribution in [0, 0.1) is 0 Å². The molecule has 2 heterocycles. The fraction of sp³-hybridized carbons (Fsp3) is 0.240. The van der Waals surface area contributed by atoms with Crippen LogP contribution in [0.1, 0.15) is 30.4 Å². The Morgan fingerprint density at radius 2 is 1.87 bits per heavy atom. The van der Waals surface area contributed by atoms with Crippen LogP contribution in [0.2, 0.25) is 0 Å². The van der Waals surface area contributed by atoms with Crippen molar-refractivity contribution in [2.75, 3.05) is 18.0 Å². The van der Waals surface area contributed by atoms with Crippen molar-refractivity contribution in [1.82, 2.24) is 4.90 Å². The van der Waals surface area contributed by atoms with Crippen LogP contribution in [0.15, 0.2) is 71.7 Å². The molecule has 0 radical (unpaired) electrons. The van der Waals surface area contributed by atoms with Crippen LogP contribution in [-0.4, -0.2) is 34.1 Å². The monoisotopic (exact) mass is 448 g/mol. The number of benzene rings is 2. The number of para-hydroxylation sites is 1. The molecule has 2 aliphatic heterocycles. The lowest BCUT2D eigenvalue weighted by atomic mass is 10.0. The molecule has 31 heavy (non-hydrogen) atoms. The Hall–Kier alpha value is -2.70. The first-order valence-electron chi connectivity index (χ1n) is 10.5. The summed E-state index contributed by atoms with van der Waals surface area (Å²) < 4.78 is 0.556. The van der Waals surface area contributed by atoms with Crippen LogP contribution >= 0.6 is 24.0 Å². The van der Waals surface area contributed by atoms with E-state index in [0.29, 0.717) is 28.6 Å². The molecule has 4 nitrogen and oxygen atoms in total. The van der Waals surface area contributed by atoms with Gasteiger partial charge in [-0.3, -0.25) is 14.5 Å². The number of anilines is 1. The lowest BCUT2D eigenvalue weighted by Crippen LogP contribution is -2.36. The van der Waals surface area contributed by atoms with Gasteiger partial charge in [-0.05, 0) is 42.5 Å². The summed E-state index contributed by atoms with van der Waals surface area (Å²) in [6.07, 6.45) is 8.64. The van der Waals surface area contributed by atoms with Crippen molar-refractivity contribution < 1.29 is 9.59 Å². The number of thioether (sulfide) groups is 1. The van der Waals surface area contributed by atoms with Gasteiger partial charge in [0.25, 0.3) is 5.91 Å². The normalized spacial score (nSPS) is 17.6. The molecule has 0 N–H and O–H groups in total.